The fourth-order valence-electron chi connectivity index (χ4n) is 1.04. The van der Waals surface area contributed by atoms with E-state index in [4.69, 9.17) is 23.2 Å². The van der Waals surface area contributed by atoms with Crippen molar-refractivity contribution >= 4 is 34.8 Å². The van der Waals surface area contributed by atoms with E-state index in [1.807, 2.05) is 0 Å². The van der Waals surface area contributed by atoms with E-state index in [-0.39, 0.29) is 21.7 Å². The molecule has 86 valence electrons. The molecular weight excluding hydrogens is 265 g/mol. The van der Waals surface area contributed by atoms with E-state index in [0.717, 1.165) is 0 Å². The number of nitrogens with one attached hydrogen (secondary N) is 1. The molecule has 0 aliphatic heterocycles. The van der Waals surface area contributed by atoms with Gasteiger partial charge in [0.2, 0.25) is 0 Å². The predicted molar refractivity (Wildman–Crippen MR) is 62.0 cm³/mol. The fraction of sp³-hybridized carbons (Fsp3) is 0. The molecule has 0 bridgehead atoms. The highest BCUT2D eigenvalue weighted by Crippen LogP contribution is 2.25. The summed E-state index contributed by atoms with van der Waals surface area (Å²) >= 11 is 11.5. The lowest BCUT2D eigenvalue weighted by Gasteiger charge is -2.06. The Bertz CT molecular complexity index is 528. The van der Waals surface area contributed by atoms with Gasteiger partial charge in [-0.05, 0) is 0 Å². The van der Waals surface area contributed by atoms with Crippen LogP contribution in [0.15, 0.2) is 24.9 Å². The first-order valence-corrected chi connectivity index (χ1v) is 5.17. The molecule has 2 aromatic heterocycles. The summed E-state index contributed by atoms with van der Waals surface area (Å²) in [5, 5.41) is 2.58. The molecule has 0 saturated heterocycles. The van der Waals surface area contributed by atoms with Crippen LogP contribution in [0.1, 0.15) is 10.5 Å². The quantitative estimate of drug-likeness (QED) is 0.842. The summed E-state index contributed by atoms with van der Waals surface area (Å²) in [7, 11) is 0. The minimum Gasteiger partial charge on any atom is -0.315 e. The summed E-state index contributed by atoms with van der Waals surface area (Å²) in [6, 6.07) is 0. The molecule has 17 heavy (non-hydrogen) atoms. The molecule has 0 aliphatic rings. The van der Waals surface area contributed by atoms with Crippen LogP contribution in [-0.2, 0) is 0 Å². The molecule has 0 spiro atoms. The number of rotatable bonds is 2. The monoisotopic (exact) mass is 269 g/mol. The van der Waals surface area contributed by atoms with E-state index < -0.39 is 5.91 Å². The molecule has 0 radical (unpaired) electrons. The predicted octanol–water partition coefficient (Wildman–Crippen LogP) is 1.83. The normalized spacial score (nSPS) is 10.0. The second kappa shape index (κ2) is 5.03. The Morgan fingerprint density at radius 1 is 1.12 bits per heavy atom. The van der Waals surface area contributed by atoms with Gasteiger partial charge in [0.05, 0.1) is 6.20 Å². The Morgan fingerprint density at radius 3 is 2.41 bits per heavy atom. The Kier molecular flexibility index (Phi) is 3.46. The number of aromatic nitrogens is 4. The van der Waals surface area contributed by atoms with E-state index in [1.54, 1.807) is 0 Å². The van der Waals surface area contributed by atoms with Gasteiger partial charge in [0.1, 0.15) is 17.7 Å². The van der Waals surface area contributed by atoms with Gasteiger partial charge in [0.25, 0.3) is 5.91 Å². The molecule has 2 heterocycles. The molecular formula is C9H5Cl2N5O. The number of amides is 1. The third kappa shape index (κ3) is 2.66. The first-order valence-electron chi connectivity index (χ1n) is 4.42. The minimum absolute atomic E-state index is 0.0576. The summed E-state index contributed by atoms with van der Waals surface area (Å²) in [6.45, 7) is 0. The summed E-state index contributed by atoms with van der Waals surface area (Å²) in [5.74, 6) is -0.489. The lowest BCUT2D eigenvalue weighted by molar-refractivity contribution is 0.102. The summed E-state index contributed by atoms with van der Waals surface area (Å²) in [5.41, 5.74) is 0.287. The molecule has 8 heteroatoms. The molecule has 0 fully saturated rings. The summed E-state index contributed by atoms with van der Waals surface area (Å²) < 4.78 is 0. The van der Waals surface area contributed by atoms with Gasteiger partial charge in [-0.3, -0.25) is 9.78 Å². The number of anilines is 1. The second-order valence-corrected chi connectivity index (χ2v) is 3.59. The van der Waals surface area contributed by atoms with Crippen molar-refractivity contribution in [3.63, 3.8) is 0 Å². The third-order valence-corrected chi connectivity index (χ3v) is 2.36. The highest BCUT2D eigenvalue weighted by Gasteiger charge is 2.13. The van der Waals surface area contributed by atoms with E-state index in [2.05, 4.69) is 25.3 Å². The van der Waals surface area contributed by atoms with Crippen LogP contribution < -0.4 is 5.32 Å². The van der Waals surface area contributed by atoms with Crippen molar-refractivity contribution in [1.29, 1.82) is 0 Å². The molecule has 0 aliphatic carbocycles. The van der Waals surface area contributed by atoms with Crippen molar-refractivity contribution < 1.29 is 4.79 Å². The average Bonchev–Trinajstić information content (AvgIpc) is 2.35. The van der Waals surface area contributed by atoms with Crippen molar-refractivity contribution in [1.82, 2.24) is 19.9 Å². The van der Waals surface area contributed by atoms with Gasteiger partial charge in [-0.25, -0.2) is 15.0 Å². The van der Waals surface area contributed by atoms with Gasteiger partial charge < -0.3 is 5.32 Å². The molecule has 2 aromatic rings. The van der Waals surface area contributed by atoms with E-state index in [1.165, 1.54) is 24.9 Å². The molecule has 6 nitrogen and oxygen atoms in total. The standard InChI is InChI=1S/C9H5Cl2N5O/c10-7-6(8(11)15-4-14-7)16-9(17)5-3-12-1-2-13-5/h1-4H,(H,16,17). The number of carbonyl (C=O) groups excluding carboxylic acids is 1. The van der Waals surface area contributed by atoms with Crippen molar-refractivity contribution in [2.24, 2.45) is 0 Å². The van der Waals surface area contributed by atoms with Gasteiger partial charge in [-0.15, -0.1) is 0 Å². The summed E-state index contributed by atoms with van der Waals surface area (Å²) in [4.78, 5) is 26.7. The van der Waals surface area contributed by atoms with E-state index in [0.29, 0.717) is 0 Å². The number of nitrogens with zero attached hydrogens (tertiary/aromatic N) is 4. The zero-order valence-corrected chi connectivity index (χ0v) is 9.77. The van der Waals surface area contributed by atoms with Crippen molar-refractivity contribution in [2.75, 3.05) is 5.32 Å². The lowest BCUT2D eigenvalue weighted by atomic mass is 10.4. The molecule has 0 saturated carbocycles. The third-order valence-electron chi connectivity index (χ3n) is 1.79. The highest BCUT2D eigenvalue weighted by molar-refractivity contribution is 6.38. The minimum atomic E-state index is -0.489. The van der Waals surface area contributed by atoms with Crippen molar-refractivity contribution in [3.8, 4) is 0 Å². The smallest absolute Gasteiger partial charge is 0.276 e. The maximum absolute atomic E-state index is 11.7. The zero-order valence-electron chi connectivity index (χ0n) is 8.26. The van der Waals surface area contributed by atoms with Crippen LogP contribution >= 0.6 is 23.2 Å². The SMILES string of the molecule is O=C(Nc1c(Cl)ncnc1Cl)c1cnccn1. The maximum atomic E-state index is 11.7. The summed E-state index contributed by atoms with van der Waals surface area (Å²) in [6.07, 6.45) is 5.38. The van der Waals surface area contributed by atoms with Crippen LogP contribution in [0.4, 0.5) is 5.69 Å². The van der Waals surface area contributed by atoms with E-state index in [9.17, 15) is 4.79 Å². The van der Waals surface area contributed by atoms with Crippen LogP contribution in [0.3, 0.4) is 0 Å². The van der Waals surface area contributed by atoms with Crippen molar-refractivity contribution in [2.45, 2.75) is 0 Å². The number of carbonyl (C=O) groups is 1. The molecule has 2 rings (SSSR count). The van der Waals surface area contributed by atoms with Crippen LogP contribution in [0.25, 0.3) is 0 Å². The van der Waals surface area contributed by atoms with Crippen LogP contribution in [-0.4, -0.2) is 25.8 Å². The fourth-order valence-corrected chi connectivity index (χ4v) is 1.45. The lowest BCUT2D eigenvalue weighted by Crippen LogP contribution is -2.15. The molecule has 0 atom stereocenters. The van der Waals surface area contributed by atoms with Crippen molar-refractivity contribution in [3.05, 3.63) is 40.9 Å². The van der Waals surface area contributed by atoms with Gasteiger partial charge >= 0.3 is 0 Å². The van der Waals surface area contributed by atoms with Gasteiger partial charge in [0.15, 0.2) is 10.3 Å². The number of hydrogen-bond donors (Lipinski definition) is 1. The molecule has 1 amide bonds. The van der Waals surface area contributed by atoms with Gasteiger partial charge in [-0.2, -0.15) is 0 Å². The Hall–Kier alpha value is -1.79. The zero-order chi connectivity index (χ0) is 12.3. The molecule has 0 aromatic carbocycles. The first-order chi connectivity index (χ1) is 8.18. The van der Waals surface area contributed by atoms with Gasteiger partial charge in [-0.1, -0.05) is 23.2 Å². The Labute approximate surface area is 106 Å². The molecule has 0 unspecified atom stereocenters. The second-order valence-electron chi connectivity index (χ2n) is 2.88. The Balaban J connectivity index is 2.25. The first kappa shape index (κ1) is 11.7. The number of hydrogen-bond acceptors (Lipinski definition) is 5. The largest absolute Gasteiger partial charge is 0.315 e. The Morgan fingerprint density at radius 2 is 1.82 bits per heavy atom. The van der Waals surface area contributed by atoms with E-state index >= 15 is 0 Å². The van der Waals surface area contributed by atoms with Crippen LogP contribution in [0.5, 0.6) is 0 Å². The average molecular weight is 270 g/mol. The van der Waals surface area contributed by atoms with Crippen LogP contribution in [0.2, 0.25) is 10.3 Å². The highest BCUT2D eigenvalue weighted by atomic mass is 35.5. The van der Waals surface area contributed by atoms with Crippen LogP contribution in [0, 0.1) is 0 Å². The van der Waals surface area contributed by atoms with Gasteiger partial charge in [0, 0.05) is 12.4 Å². The topological polar surface area (TPSA) is 80.7 Å². The molecule has 1 N–H and O–H groups in total. The maximum Gasteiger partial charge on any atom is 0.276 e. The number of halogens is 2.